The first-order valence-electron chi connectivity index (χ1n) is 11.5. The minimum atomic E-state index is -1.63. The number of piperidine rings is 1. The van der Waals surface area contributed by atoms with E-state index in [0.717, 1.165) is 44.3 Å². The summed E-state index contributed by atoms with van der Waals surface area (Å²) < 4.78 is 25.0. The van der Waals surface area contributed by atoms with Crippen molar-refractivity contribution in [1.82, 2.24) is 15.5 Å². The average Bonchev–Trinajstić information content (AvgIpc) is 3.26. The summed E-state index contributed by atoms with van der Waals surface area (Å²) in [4.78, 5) is 18.3. The zero-order valence-electron chi connectivity index (χ0n) is 19.3. The van der Waals surface area contributed by atoms with E-state index in [1.807, 2.05) is 19.1 Å². The summed E-state index contributed by atoms with van der Waals surface area (Å²) in [6.07, 6.45) is 8.77. The van der Waals surface area contributed by atoms with Crippen molar-refractivity contribution >= 4 is 11.9 Å². The molecule has 1 fully saturated rings. The number of hydrogen-bond acceptors (Lipinski definition) is 7. The Balaban J connectivity index is 1.33. The maximum atomic E-state index is 13.9. The Bertz CT molecular complexity index is 822. The molecule has 1 aliphatic carbocycles. The summed E-state index contributed by atoms with van der Waals surface area (Å²) in [6.45, 7) is 7.30. The van der Waals surface area contributed by atoms with Crippen molar-refractivity contribution in [3.63, 3.8) is 0 Å². The summed E-state index contributed by atoms with van der Waals surface area (Å²) in [5.41, 5.74) is -0.0574. The molecule has 8 nitrogen and oxygen atoms in total. The second kappa shape index (κ2) is 11.0. The highest BCUT2D eigenvalue weighted by Gasteiger charge is 2.29. The highest BCUT2D eigenvalue weighted by molar-refractivity contribution is 5.97. The van der Waals surface area contributed by atoms with Crippen LogP contribution in [0.5, 0.6) is 0 Å². The molecule has 2 heterocycles. The number of carbonyl (C=O) groups is 1. The molecule has 2 N–H and O–H groups in total. The smallest absolute Gasteiger partial charge is 0.266 e. The van der Waals surface area contributed by atoms with Crippen LogP contribution in [0.2, 0.25) is 0 Å². The number of ether oxygens (including phenoxy) is 1. The average molecular weight is 451 g/mol. The van der Waals surface area contributed by atoms with E-state index >= 15 is 0 Å². The first-order chi connectivity index (χ1) is 15.3. The van der Waals surface area contributed by atoms with Crippen LogP contribution in [0.4, 0.5) is 10.3 Å². The molecule has 1 saturated heterocycles. The lowest BCUT2D eigenvalue weighted by atomic mass is 9.92. The number of aromatic nitrogens is 2. The summed E-state index contributed by atoms with van der Waals surface area (Å²) >= 11 is 0. The molecule has 0 radical (unpaired) electrons. The van der Waals surface area contributed by atoms with E-state index in [9.17, 15) is 9.18 Å². The number of nitrogens with zero attached hydrogens (tertiary/aromatic N) is 3. The Kier molecular flexibility index (Phi) is 8.42. The molecule has 1 aliphatic heterocycles. The zero-order valence-corrected chi connectivity index (χ0v) is 19.3. The number of hydrogen-bond donors (Lipinski definition) is 2. The standard InChI is InChI=1S/C23H35FN4O4/c1-16-15-18(6-7-19(16)20(30)25-10-13-29)31-14-4-5-17-8-11-28(12-9-17)22-26-21(32-27-22)23(2,3)24/h7,15,17-18,29H,4-6,8-14H2,1-3H3,(H,25,30). The highest BCUT2D eigenvalue weighted by Crippen LogP contribution is 2.28. The van der Waals surface area contributed by atoms with Gasteiger partial charge in [0.05, 0.1) is 12.7 Å². The molecule has 1 atom stereocenters. The third-order valence-corrected chi connectivity index (χ3v) is 5.97. The number of nitrogens with one attached hydrogen (secondary N) is 1. The zero-order chi connectivity index (χ0) is 23.1. The Morgan fingerprint density at radius 3 is 2.78 bits per heavy atom. The highest BCUT2D eigenvalue weighted by atomic mass is 19.1. The van der Waals surface area contributed by atoms with Crippen molar-refractivity contribution in [2.24, 2.45) is 5.92 Å². The van der Waals surface area contributed by atoms with Crippen LogP contribution in [-0.2, 0) is 15.2 Å². The van der Waals surface area contributed by atoms with Crippen molar-refractivity contribution < 1.29 is 23.6 Å². The fourth-order valence-electron chi connectivity index (χ4n) is 4.10. The number of halogens is 1. The summed E-state index contributed by atoms with van der Waals surface area (Å²) in [5.74, 6) is 0.975. The van der Waals surface area contributed by atoms with Gasteiger partial charge < -0.3 is 24.6 Å². The van der Waals surface area contributed by atoms with Gasteiger partial charge in [0.1, 0.15) is 0 Å². The van der Waals surface area contributed by atoms with Crippen LogP contribution >= 0.6 is 0 Å². The van der Waals surface area contributed by atoms with Crippen LogP contribution < -0.4 is 10.2 Å². The molecule has 1 amide bonds. The van der Waals surface area contributed by atoms with Crippen LogP contribution in [0.1, 0.15) is 58.8 Å². The van der Waals surface area contributed by atoms with Gasteiger partial charge in [-0.3, -0.25) is 4.79 Å². The van der Waals surface area contributed by atoms with E-state index in [4.69, 9.17) is 14.4 Å². The third-order valence-electron chi connectivity index (χ3n) is 5.97. The molecule has 2 aliphatic rings. The van der Waals surface area contributed by atoms with Crippen LogP contribution in [-0.4, -0.2) is 60.1 Å². The second-order valence-electron chi connectivity index (χ2n) is 9.04. The van der Waals surface area contributed by atoms with Gasteiger partial charge in [0.2, 0.25) is 0 Å². The molecule has 1 unspecified atom stereocenters. The lowest BCUT2D eigenvalue weighted by Gasteiger charge is -2.31. The van der Waals surface area contributed by atoms with Crippen LogP contribution in [0, 0.1) is 5.92 Å². The number of aliphatic hydroxyl groups excluding tert-OH is 1. The molecule has 1 aromatic rings. The number of carbonyl (C=O) groups excluding carboxylic acids is 1. The molecule has 1 aromatic heterocycles. The maximum absolute atomic E-state index is 13.9. The first-order valence-corrected chi connectivity index (χ1v) is 11.5. The van der Waals surface area contributed by atoms with Gasteiger partial charge >= 0.3 is 0 Å². The summed E-state index contributed by atoms with van der Waals surface area (Å²) in [6, 6.07) is 0. The van der Waals surface area contributed by atoms with Gasteiger partial charge in [-0.1, -0.05) is 12.2 Å². The lowest BCUT2D eigenvalue weighted by Crippen LogP contribution is -2.34. The fraction of sp³-hybridized carbons (Fsp3) is 0.696. The number of amides is 1. The van der Waals surface area contributed by atoms with Crippen LogP contribution in [0.3, 0.4) is 0 Å². The molecule has 0 saturated carbocycles. The molecule has 178 valence electrons. The van der Waals surface area contributed by atoms with E-state index in [0.29, 0.717) is 30.5 Å². The first kappa shape index (κ1) is 24.4. The van der Waals surface area contributed by atoms with Crippen LogP contribution in [0.15, 0.2) is 27.8 Å². The van der Waals surface area contributed by atoms with Gasteiger partial charge in [0.25, 0.3) is 17.7 Å². The number of rotatable bonds is 10. The van der Waals surface area contributed by atoms with Crippen molar-refractivity contribution in [2.45, 2.75) is 64.6 Å². The number of aliphatic hydroxyl groups is 1. The van der Waals surface area contributed by atoms with Gasteiger partial charge in [-0.15, -0.1) is 0 Å². The minimum absolute atomic E-state index is 0.00145. The quantitative estimate of drug-likeness (QED) is 0.529. The Morgan fingerprint density at radius 2 is 2.16 bits per heavy atom. The molecule has 3 rings (SSSR count). The van der Waals surface area contributed by atoms with Crippen molar-refractivity contribution in [2.75, 3.05) is 37.7 Å². The van der Waals surface area contributed by atoms with Gasteiger partial charge in [-0.05, 0) is 69.5 Å². The number of anilines is 1. The van der Waals surface area contributed by atoms with E-state index < -0.39 is 5.67 Å². The predicted molar refractivity (Wildman–Crippen MR) is 119 cm³/mol. The Labute approximate surface area is 188 Å². The monoisotopic (exact) mass is 450 g/mol. The third kappa shape index (κ3) is 6.62. The van der Waals surface area contributed by atoms with E-state index in [1.165, 1.54) is 13.8 Å². The van der Waals surface area contributed by atoms with Gasteiger partial charge in [-0.2, -0.15) is 4.98 Å². The summed E-state index contributed by atoms with van der Waals surface area (Å²) in [5, 5.41) is 15.4. The normalized spacial score (nSPS) is 20.2. The molecule has 0 bridgehead atoms. The molecule has 9 heteroatoms. The lowest BCUT2D eigenvalue weighted by molar-refractivity contribution is -0.117. The van der Waals surface area contributed by atoms with E-state index in [2.05, 4.69) is 20.4 Å². The second-order valence-corrected chi connectivity index (χ2v) is 9.04. The topological polar surface area (TPSA) is 101 Å². The van der Waals surface area contributed by atoms with Gasteiger partial charge in [0, 0.05) is 31.8 Å². The molecule has 0 spiro atoms. The minimum Gasteiger partial charge on any atom is -0.395 e. The SMILES string of the molecule is CC1=CC(OCCCC2CCN(c3noc(C(C)(C)F)n3)CC2)CC=C1C(=O)NCCO. The molecular formula is C23H35FN4O4. The molecular weight excluding hydrogens is 415 g/mol. The van der Waals surface area contributed by atoms with Gasteiger partial charge in [0.15, 0.2) is 5.67 Å². The van der Waals surface area contributed by atoms with Crippen molar-refractivity contribution in [1.29, 1.82) is 0 Å². The van der Waals surface area contributed by atoms with Crippen molar-refractivity contribution in [3.8, 4) is 0 Å². The predicted octanol–water partition coefficient (Wildman–Crippen LogP) is 3.04. The molecule has 0 aromatic carbocycles. The van der Waals surface area contributed by atoms with E-state index in [1.54, 1.807) is 0 Å². The van der Waals surface area contributed by atoms with E-state index in [-0.39, 0.29) is 31.1 Å². The fourth-order valence-corrected chi connectivity index (χ4v) is 4.10. The molecule has 32 heavy (non-hydrogen) atoms. The summed E-state index contributed by atoms with van der Waals surface area (Å²) in [7, 11) is 0. The largest absolute Gasteiger partial charge is 0.395 e. The Morgan fingerprint density at radius 1 is 1.41 bits per heavy atom. The Hall–Kier alpha value is -2.26. The van der Waals surface area contributed by atoms with Gasteiger partial charge in [-0.25, -0.2) is 4.39 Å². The maximum Gasteiger partial charge on any atom is 0.266 e. The van der Waals surface area contributed by atoms with Crippen LogP contribution in [0.25, 0.3) is 0 Å². The number of alkyl halides is 1. The van der Waals surface area contributed by atoms with Crippen molar-refractivity contribution in [3.05, 3.63) is 29.2 Å².